The fourth-order valence-corrected chi connectivity index (χ4v) is 3.16. The Morgan fingerprint density at radius 2 is 1.74 bits per heavy atom. The molecule has 0 aromatic heterocycles. The topological polar surface area (TPSA) is 72.5 Å². The third-order valence-electron chi connectivity index (χ3n) is 3.31. The molecule has 0 spiro atoms. The van der Waals surface area contributed by atoms with E-state index in [-0.39, 0.29) is 11.5 Å². The molecule has 0 fully saturated rings. The van der Waals surface area contributed by atoms with E-state index in [2.05, 4.69) is 4.72 Å². The predicted molar refractivity (Wildman–Crippen MR) is 89.1 cm³/mol. The largest absolute Gasteiger partial charge is 0.462 e. The summed E-state index contributed by atoms with van der Waals surface area (Å²) in [7, 11) is -3.71. The smallest absolute Gasteiger partial charge is 0.338 e. The van der Waals surface area contributed by atoms with Gasteiger partial charge < -0.3 is 4.74 Å². The van der Waals surface area contributed by atoms with Gasteiger partial charge in [-0.05, 0) is 62.2 Å². The second kappa shape index (κ2) is 6.83. The summed E-state index contributed by atoms with van der Waals surface area (Å²) in [6.07, 6.45) is 0. The molecule has 1 N–H and O–H groups in total. The van der Waals surface area contributed by atoms with Gasteiger partial charge in [0.2, 0.25) is 0 Å². The Morgan fingerprint density at radius 3 is 2.35 bits per heavy atom. The van der Waals surface area contributed by atoms with Crippen LogP contribution in [-0.4, -0.2) is 21.0 Å². The van der Waals surface area contributed by atoms with Crippen molar-refractivity contribution in [3.05, 3.63) is 59.2 Å². The number of benzene rings is 2. The van der Waals surface area contributed by atoms with Crippen LogP contribution in [0, 0.1) is 13.8 Å². The number of nitrogens with one attached hydrogen (secondary N) is 1. The minimum absolute atomic E-state index is 0.0893. The van der Waals surface area contributed by atoms with Gasteiger partial charge in [-0.1, -0.05) is 12.1 Å². The van der Waals surface area contributed by atoms with Crippen molar-refractivity contribution in [3.63, 3.8) is 0 Å². The third kappa shape index (κ3) is 4.10. The van der Waals surface area contributed by atoms with Crippen LogP contribution >= 0.6 is 0 Å². The molecule has 0 aliphatic heterocycles. The van der Waals surface area contributed by atoms with Gasteiger partial charge in [-0.2, -0.15) is 0 Å². The molecule has 2 aromatic rings. The second-order valence-electron chi connectivity index (χ2n) is 5.17. The first-order valence-corrected chi connectivity index (χ1v) is 8.69. The molecule has 6 heteroatoms. The Morgan fingerprint density at radius 1 is 1.09 bits per heavy atom. The first-order valence-electron chi connectivity index (χ1n) is 7.21. The summed E-state index contributed by atoms with van der Waals surface area (Å²) in [6.45, 7) is 5.71. The highest BCUT2D eigenvalue weighted by Gasteiger charge is 2.16. The molecule has 2 rings (SSSR count). The number of ether oxygens (including phenoxy) is 1. The van der Waals surface area contributed by atoms with E-state index in [9.17, 15) is 13.2 Å². The van der Waals surface area contributed by atoms with E-state index < -0.39 is 16.0 Å². The number of aryl methyl sites for hydroxylation is 2. The number of hydrogen-bond donors (Lipinski definition) is 1. The van der Waals surface area contributed by atoms with Gasteiger partial charge in [0.05, 0.1) is 22.8 Å². The molecule has 0 unspecified atom stereocenters. The standard InChI is InChI=1S/C17H19NO4S/c1-4-22-17(19)14-7-9-15(10-8-14)23(20,21)18-16-11-12(2)5-6-13(16)3/h5-11,18H,4H2,1-3H3. The maximum absolute atomic E-state index is 12.4. The van der Waals surface area contributed by atoms with Gasteiger partial charge in [-0.3, -0.25) is 4.72 Å². The predicted octanol–water partition coefficient (Wildman–Crippen LogP) is 3.28. The van der Waals surface area contributed by atoms with Crippen LogP contribution in [0.5, 0.6) is 0 Å². The fraction of sp³-hybridized carbons (Fsp3) is 0.235. The Balaban J connectivity index is 2.26. The normalized spacial score (nSPS) is 11.1. The van der Waals surface area contributed by atoms with E-state index in [0.29, 0.717) is 11.3 Å². The maximum Gasteiger partial charge on any atom is 0.338 e. The number of carbonyl (C=O) groups is 1. The van der Waals surface area contributed by atoms with Crippen LogP contribution in [0.2, 0.25) is 0 Å². The van der Waals surface area contributed by atoms with E-state index in [4.69, 9.17) is 4.74 Å². The molecule has 5 nitrogen and oxygen atoms in total. The summed E-state index contributed by atoms with van der Waals surface area (Å²) in [6, 6.07) is 11.2. The molecule has 0 atom stereocenters. The highest BCUT2D eigenvalue weighted by molar-refractivity contribution is 7.92. The molecular weight excluding hydrogens is 314 g/mol. The number of carbonyl (C=O) groups excluding carboxylic acids is 1. The van der Waals surface area contributed by atoms with Crippen LogP contribution in [-0.2, 0) is 14.8 Å². The average Bonchev–Trinajstić information content (AvgIpc) is 2.51. The van der Waals surface area contributed by atoms with Crippen molar-refractivity contribution in [1.82, 2.24) is 0 Å². The van der Waals surface area contributed by atoms with E-state index >= 15 is 0 Å². The minimum Gasteiger partial charge on any atom is -0.462 e. The number of esters is 1. The van der Waals surface area contributed by atoms with Crippen LogP contribution in [0.25, 0.3) is 0 Å². The fourth-order valence-electron chi connectivity index (χ4n) is 2.03. The lowest BCUT2D eigenvalue weighted by Gasteiger charge is -2.11. The Hall–Kier alpha value is -2.34. The van der Waals surface area contributed by atoms with Crippen molar-refractivity contribution < 1.29 is 17.9 Å². The quantitative estimate of drug-likeness (QED) is 0.852. The van der Waals surface area contributed by atoms with Crippen molar-refractivity contribution in [1.29, 1.82) is 0 Å². The average molecular weight is 333 g/mol. The molecule has 0 radical (unpaired) electrons. The second-order valence-corrected chi connectivity index (χ2v) is 6.85. The monoisotopic (exact) mass is 333 g/mol. The zero-order chi connectivity index (χ0) is 17.0. The molecule has 0 saturated heterocycles. The lowest BCUT2D eigenvalue weighted by Crippen LogP contribution is -2.14. The lowest BCUT2D eigenvalue weighted by atomic mass is 10.1. The summed E-state index contributed by atoms with van der Waals surface area (Å²) in [4.78, 5) is 11.7. The summed E-state index contributed by atoms with van der Waals surface area (Å²) in [5, 5.41) is 0. The summed E-state index contributed by atoms with van der Waals surface area (Å²) < 4.78 is 32.3. The van der Waals surface area contributed by atoms with Crippen molar-refractivity contribution in [2.45, 2.75) is 25.7 Å². The first-order chi connectivity index (χ1) is 10.8. The van der Waals surface area contributed by atoms with Crippen molar-refractivity contribution >= 4 is 21.7 Å². The van der Waals surface area contributed by atoms with Gasteiger partial charge in [0.1, 0.15) is 0 Å². The van der Waals surface area contributed by atoms with Gasteiger partial charge in [-0.25, -0.2) is 13.2 Å². The molecule has 0 saturated carbocycles. The van der Waals surface area contributed by atoms with Gasteiger partial charge >= 0.3 is 5.97 Å². The number of anilines is 1. The maximum atomic E-state index is 12.4. The molecule has 0 bridgehead atoms. The van der Waals surface area contributed by atoms with Crippen molar-refractivity contribution in [2.24, 2.45) is 0 Å². The molecular formula is C17H19NO4S. The highest BCUT2D eigenvalue weighted by Crippen LogP contribution is 2.21. The van der Waals surface area contributed by atoms with Crippen LogP contribution in [0.1, 0.15) is 28.4 Å². The van der Waals surface area contributed by atoms with Crippen LogP contribution in [0.3, 0.4) is 0 Å². The number of hydrogen-bond acceptors (Lipinski definition) is 4. The minimum atomic E-state index is -3.71. The molecule has 0 aliphatic carbocycles. The molecule has 0 aliphatic rings. The zero-order valence-corrected chi connectivity index (χ0v) is 14.1. The van der Waals surface area contributed by atoms with E-state index in [1.54, 1.807) is 13.0 Å². The van der Waals surface area contributed by atoms with Crippen molar-refractivity contribution in [2.75, 3.05) is 11.3 Å². The summed E-state index contributed by atoms with van der Waals surface area (Å²) >= 11 is 0. The van der Waals surface area contributed by atoms with Gasteiger partial charge in [0.15, 0.2) is 0 Å². The van der Waals surface area contributed by atoms with Crippen LogP contribution < -0.4 is 4.72 Å². The van der Waals surface area contributed by atoms with Gasteiger partial charge in [-0.15, -0.1) is 0 Å². The van der Waals surface area contributed by atoms with Gasteiger partial charge in [0.25, 0.3) is 10.0 Å². The van der Waals surface area contributed by atoms with E-state index in [1.807, 2.05) is 26.0 Å². The zero-order valence-electron chi connectivity index (χ0n) is 13.3. The van der Waals surface area contributed by atoms with E-state index in [0.717, 1.165) is 11.1 Å². The van der Waals surface area contributed by atoms with Crippen LogP contribution in [0.15, 0.2) is 47.4 Å². The Kier molecular flexibility index (Phi) is 5.05. The van der Waals surface area contributed by atoms with Gasteiger partial charge in [0, 0.05) is 0 Å². The van der Waals surface area contributed by atoms with Crippen molar-refractivity contribution in [3.8, 4) is 0 Å². The number of rotatable bonds is 5. The molecule has 23 heavy (non-hydrogen) atoms. The molecule has 0 amide bonds. The number of sulfonamides is 1. The molecule has 2 aromatic carbocycles. The molecule has 0 heterocycles. The SMILES string of the molecule is CCOC(=O)c1ccc(S(=O)(=O)Nc2cc(C)ccc2C)cc1. The lowest BCUT2D eigenvalue weighted by molar-refractivity contribution is 0.0526. The third-order valence-corrected chi connectivity index (χ3v) is 4.69. The molecule has 122 valence electrons. The Bertz CT molecular complexity index is 811. The Labute approximate surface area is 136 Å². The van der Waals surface area contributed by atoms with E-state index in [1.165, 1.54) is 24.3 Å². The highest BCUT2D eigenvalue weighted by atomic mass is 32.2. The van der Waals surface area contributed by atoms with Crippen LogP contribution in [0.4, 0.5) is 5.69 Å². The first kappa shape index (κ1) is 17.0. The summed E-state index contributed by atoms with van der Waals surface area (Å²) in [5.41, 5.74) is 2.66. The summed E-state index contributed by atoms with van der Waals surface area (Å²) in [5.74, 6) is -0.473.